The second-order valence-corrected chi connectivity index (χ2v) is 4.41. The fourth-order valence-corrected chi connectivity index (χ4v) is 2.26. The predicted octanol–water partition coefficient (Wildman–Crippen LogP) is 4.21. The van der Waals surface area contributed by atoms with Crippen molar-refractivity contribution in [1.29, 1.82) is 5.41 Å². The van der Waals surface area contributed by atoms with Crippen LogP contribution in [0, 0.1) is 5.41 Å². The molecule has 0 fully saturated rings. The number of fused-ring (bicyclic) bond motifs is 1. The largest absolute Gasteiger partial charge is 0.464 e. The number of rotatable bonds is 1. The molecule has 92 valence electrons. The molecule has 1 heterocycles. The van der Waals surface area contributed by atoms with Crippen molar-refractivity contribution in [3.63, 3.8) is 0 Å². The molecular formula is C14H11Cl2NO. The summed E-state index contributed by atoms with van der Waals surface area (Å²) in [6.07, 6.45) is -0.211. The van der Waals surface area contributed by atoms with E-state index in [1.807, 2.05) is 42.5 Å². The number of benzene rings is 2. The van der Waals surface area contributed by atoms with Gasteiger partial charge in [0.25, 0.3) is 0 Å². The summed E-state index contributed by atoms with van der Waals surface area (Å²) in [6, 6.07) is 15.4. The van der Waals surface area contributed by atoms with Crippen molar-refractivity contribution in [3.8, 4) is 0 Å². The van der Waals surface area contributed by atoms with E-state index in [1.165, 1.54) is 0 Å². The number of hydrogen-bond acceptors (Lipinski definition) is 2. The fraction of sp³-hybridized carbons (Fsp3) is 0.0714. The molecule has 1 aliphatic heterocycles. The Balaban J connectivity index is 0.00000120. The van der Waals surface area contributed by atoms with Crippen LogP contribution in [0.5, 0.6) is 0 Å². The Hall–Kier alpha value is -1.51. The van der Waals surface area contributed by atoms with Gasteiger partial charge in [0.2, 0.25) is 5.90 Å². The monoisotopic (exact) mass is 279 g/mol. The van der Waals surface area contributed by atoms with E-state index in [1.54, 1.807) is 6.07 Å². The van der Waals surface area contributed by atoms with Gasteiger partial charge < -0.3 is 4.74 Å². The van der Waals surface area contributed by atoms with E-state index in [-0.39, 0.29) is 24.4 Å². The molecule has 1 N–H and O–H groups in total. The van der Waals surface area contributed by atoms with Gasteiger partial charge in [-0.2, -0.15) is 0 Å². The van der Waals surface area contributed by atoms with Gasteiger partial charge in [0.15, 0.2) is 6.10 Å². The molecule has 0 saturated heterocycles. The van der Waals surface area contributed by atoms with Crippen LogP contribution >= 0.6 is 24.0 Å². The van der Waals surface area contributed by atoms with Crippen molar-refractivity contribution in [2.45, 2.75) is 6.10 Å². The van der Waals surface area contributed by atoms with Crippen LogP contribution in [-0.4, -0.2) is 5.90 Å². The Kier molecular flexibility index (Phi) is 3.60. The minimum atomic E-state index is -0.211. The summed E-state index contributed by atoms with van der Waals surface area (Å²) in [5.41, 5.74) is 2.83. The van der Waals surface area contributed by atoms with Gasteiger partial charge in [0, 0.05) is 16.1 Å². The summed E-state index contributed by atoms with van der Waals surface area (Å²) in [5, 5.41) is 8.48. The third-order valence-electron chi connectivity index (χ3n) is 2.88. The van der Waals surface area contributed by atoms with Gasteiger partial charge in [-0.3, -0.25) is 5.41 Å². The van der Waals surface area contributed by atoms with Crippen LogP contribution in [0.15, 0.2) is 48.5 Å². The van der Waals surface area contributed by atoms with Crippen molar-refractivity contribution in [2.24, 2.45) is 0 Å². The fourth-order valence-electron chi connectivity index (χ4n) is 2.08. The number of halogens is 2. The Morgan fingerprint density at radius 3 is 2.50 bits per heavy atom. The molecule has 0 amide bonds. The number of hydrogen-bond donors (Lipinski definition) is 1. The van der Waals surface area contributed by atoms with Crippen molar-refractivity contribution < 1.29 is 4.74 Å². The van der Waals surface area contributed by atoms with E-state index in [0.29, 0.717) is 5.02 Å². The highest BCUT2D eigenvalue weighted by Gasteiger charge is 2.29. The first kappa shape index (κ1) is 12.9. The molecule has 1 atom stereocenters. The highest BCUT2D eigenvalue weighted by molar-refractivity contribution is 6.30. The maximum atomic E-state index is 7.82. The lowest BCUT2D eigenvalue weighted by Crippen LogP contribution is -2.00. The molecule has 2 aromatic rings. The minimum absolute atomic E-state index is 0. The first-order chi connectivity index (χ1) is 8.25. The molecule has 18 heavy (non-hydrogen) atoms. The van der Waals surface area contributed by atoms with Gasteiger partial charge in [-0.25, -0.2) is 0 Å². The third-order valence-corrected chi connectivity index (χ3v) is 3.11. The average Bonchev–Trinajstić information content (AvgIpc) is 2.67. The zero-order chi connectivity index (χ0) is 11.8. The van der Waals surface area contributed by atoms with Crippen LogP contribution in [0.1, 0.15) is 22.8 Å². The summed E-state index contributed by atoms with van der Waals surface area (Å²) >= 11 is 6.00. The van der Waals surface area contributed by atoms with Crippen LogP contribution in [0.2, 0.25) is 5.02 Å². The quantitative estimate of drug-likeness (QED) is 0.834. The maximum absolute atomic E-state index is 7.82. The smallest absolute Gasteiger partial charge is 0.214 e. The van der Waals surface area contributed by atoms with Crippen molar-refractivity contribution in [3.05, 3.63) is 70.2 Å². The van der Waals surface area contributed by atoms with E-state index in [9.17, 15) is 0 Å². The lowest BCUT2D eigenvalue weighted by molar-refractivity contribution is 0.250. The summed E-state index contributed by atoms with van der Waals surface area (Å²) in [5.74, 6) is 0.213. The molecule has 2 nitrogen and oxygen atoms in total. The zero-order valence-corrected chi connectivity index (χ0v) is 11.0. The van der Waals surface area contributed by atoms with Crippen molar-refractivity contribution in [2.75, 3.05) is 0 Å². The molecular weight excluding hydrogens is 269 g/mol. The zero-order valence-electron chi connectivity index (χ0n) is 9.39. The molecule has 0 bridgehead atoms. The minimum Gasteiger partial charge on any atom is -0.464 e. The van der Waals surface area contributed by atoms with E-state index >= 15 is 0 Å². The van der Waals surface area contributed by atoms with Gasteiger partial charge in [0.05, 0.1) is 0 Å². The molecule has 0 aromatic heterocycles. The van der Waals surface area contributed by atoms with Crippen molar-refractivity contribution in [1.82, 2.24) is 0 Å². The second-order valence-electron chi connectivity index (χ2n) is 3.97. The molecule has 0 saturated carbocycles. The summed E-state index contributed by atoms with van der Waals surface area (Å²) in [7, 11) is 0. The lowest BCUT2D eigenvalue weighted by atomic mass is 9.99. The molecule has 1 unspecified atom stereocenters. The van der Waals surface area contributed by atoms with Crippen LogP contribution in [-0.2, 0) is 4.74 Å². The van der Waals surface area contributed by atoms with E-state index in [2.05, 4.69) is 0 Å². The Morgan fingerprint density at radius 1 is 1.06 bits per heavy atom. The molecule has 1 aliphatic rings. The SMILES string of the molecule is Cl.N=C1OC(c2ccccc2)c2cc(Cl)ccc21. The molecule has 0 radical (unpaired) electrons. The molecule has 0 aliphatic carbocycles. The predicted molar refractivity (Wildman–Crippen MR) is 74.9 cm³/mol. The average molecular weight is 280 g/mol. The van der Waals surface area contributed by atoms with Gasteiger partial charge in [-0.05, 0) is 23.8 Å². The van der Waals surface area contributed by atoms with E-state index in [4.69, 9.17) is 21.7 Å². The highest BCUT2D eigenvalue weighted by atomic mass is 35.5. The van der Waals surface area contributed by atoms with Crippen LogP contribution in [0.4, 0.5) is 0 Å². The highest BCUT2D eigenvalue weighted by Crippen LogP contribution is 2.36. The van der Waals surface area contributed by atoms with Gasteiger partial charge in [-0.1, -0.05) is 41.9 Å². The lowest BCUT2D eigenvalue weighted by Gasteiger charge is -2.11. The van der Waals surface area contributed by atoms with Crippen molar-refractivity contribution >= 4 is 29.9 Å². The first-order valence-electron chi connectivity index (χ1n) is 5.35. The first-order valence-corrected chi connectivity index (χ1v) is 5.73. The molecule has 4 heteroatoms. The normalized spacial score (nSPS) is 16.7. The van der Waals surface area contributed by atoms with Crippen LogP contribution in [0.25, 0.3) is 0 Å². The third kappa shape index (κ3) is 2.09. The van der Waals surface area contributed by atoms with Crippen LogP contribution < -0.4 is 0 Å². The topological polar surface area (TPSA) is 33.1 Å². The maximum Gasteiger partial charge on any atom is 0.214 e. The van der Waals surface area contributed by atoms with E-state index in [0.717, 1.165) is 16.7 Å². The summed E-state index contributed by atoms with van der Waals surface area (Å²) in [6.45, 7) is 0. The molecule has 0 spiro atoms. The van der Waals surface area contributed by atoms with Gasteiger partial charge >= 0.3 is 0 Å². The second kappa shape index (κ2) is 5.01. The summed E-state index contributed by atoms with van der Waals surface area (Å²) < 4.78 is 5.60. The van der Waals surface area contributed by atoms with Gasteiger partial charge in [-0.15, -0.1) is 12.4 Å². The number of ether oxygens (including phenoxy) is 1. The Bertz CT molecular complexity index is 584. The Morgan fingerprint density at radius 2 is 1.78 bits per heavy atom. The van der Waals surface area contributed by atoms with E-state index < -0.39 is 0 Å². The standard InChI is InChI=1S/C14H10ClNO.ClH/c15-10-6-7-11-12(8-10)13(17-14(11)16)9-4-2-1-3-5-9;/h1-8,13,16H;1H. The number of nitrogens with one attached hydrogen (secondary N) is 1. The van der Waals surface area contributed by atoms with Gasteiger partial charge in [0.1, 0.15) is 0 Å². The van der Waals surface area contributed by atoms with Crippen LogP contribution in [0.3, 0.4) is 0 Å². The Labute approximate surface area is 116 Å². The summed E-state index contributed by atoms with van der Waals surface area (Å²) in [4.78, 5) is 0. The molecule has 3 rings (SSSR count). The molecule has 2 aromatic carbocycles.